The van der Waals surface area contributed by atoms with Crippen molar-refractivity contribution in [3.05, 3.63) is 62.6 Å². The molecule has 2 aromatic rings. The zero-order chi connectivity index (χ0) is 18.0. The van der Waals surface area contributed by atoms with Crippen LogP contribution in [0.25, 0.3) is 0 Å². The number of anilines is 2. The third-order valence-electron chi connectivity index (χ3n) is 3.94. The van der Waals surface area contributed by atoms with Gasteiger partial charge in [0.25, 0.3) is 5.69 Å². The molecule has 1 fully saturated rings. The van der Waals surface area contributed by atoms with Crippen molar-refractivity contribution in [3.63, 3.8) is 0 Å². The first-order chi connectivity index (χ1) is 11.9. The molecule has 1 saturated heterocycles. The Morgan fingerprint density at radius 2 is 2.04 bits per heavy atom. The maximum absolute atomic E-state index is 12.0. The average Bonchev–Trinajstić information content (AvgIpc) is 2.93. The van der Waals surface area contributed by atoms with E-state index < -0.39 is 14.9 Å². The molecule has 0 bridgehead atoms. The first-order valence-corrected chi connectivity index (χ1v) is 10.0. The van der Waals surface area contributed by atoms with Crippen LogP contribution in [-0.2, 0) is 16.6 Å². The molecule has 9 heteroatoms. The van der Waals surface area contributed by atoms with Gasteiger partial charge >= 0.3 is 0 Å². The van der Waals surface area contributed by atoms with Gasteiger partial charge in [0, 0.05) is 35.4 Å². The van der Waals surface area contributed by atoms with Gasteiger partial charge in [0.15, 0.2) is 0 Å². The van der Waals surface area contributed by atoms with Crippen molar-refractivity contribution >= 4 is 43.0 Å². The summed E-state index contributed by atoms with van der Waals surface area (Å²) >= 11 is 3.32. The molecule has 1 aliphatic rings. The molecule has 0 amide bonds. The molecule has 7 nitrogen and oxygen atoms in total. The number of hydrogen-bond donors (Lipinski definition) is 1. The van der Waals surface area contributed by atoms with Crippen LogP contribution in [0.4, 0.5) is 17.1 Å². The minimum atomic E-state index is -3.20. The number of rotatable bonds is 5. The van der Waals surface area contributed by atoms with E-state index in [1.165, 1.54) is 16.4 Å². The van der Waals surface area contributed by atoms with Crippen LogP contribution < -0.4 is 9.62 Å². The molecule has 0 spiro atoms. The van der Waals surface area contributed by atoms with Gasteiger partial charge in [-0.3, -0.25) is 14.4 Å². The summed E-state index contributed by atoms with van der Waals surface area (Å²) in [5.41, 5.74) is 2.33. The lowest BCUT2D eigenvalue weighted by atomic mass is 10.2. The standard InChI is InChI=1S/C16H16BrN3O4S/c17-15-10-14(20(21)22)5-6-16(15)18-11-12-3-1-4-13(9-12)19-7-2-8-25(19,23)24/h1,3-6,9-10,18H,2,7-8,11H2. The highest BCUT2D eigenvalue weighted by Gasteiger charge is 2.28. The lowest BCUT2D eigenvalue weighted by Crippen LogP contribution is -2.25. The fourth-order valence-electron chi connectivity index (χ4n) is 2.71. The highest BCUT2D eigenvalue weighted by Crippen LogP contribution is 2.28. The van der Waals surface area contributed by atoms with Gasteiger partial charge in [-0.2, -0.15) is 0 Å². The van der Waals surface area contributed by atoms with Crippen molar-refractivity contribution in [2.45, 2.75) is 13.0 Å². The van der Waals surface area contributed by atoms with Crippen molar-refractivity contribution in [1.82, 2.24) is 0 Å². The van der Waals surface area contributed by atoms with E-state index in [1.807, 2.05) is 18.2 Å². The van der Waals surface area contributed by atoms with Gasteiger partial charge < -0.3 is 5.32 Å². The summed E-state index contributed by atoms with van der Waals surface area (Å²) < 4.78 is 26.1. The Balaban J connectivity index is 1.74. The number of hydrogen-bond acceptors (Lipinski definition) is 5. The van der Waals surface area contributed by atoms with Crippen molar-refractivity contribution in [2.75, 3.05) is 21.9 Å². The Hall–Kier alpha value is -2.13. The molecular weight excluding hydrogens is 410 g/mol. The number of nitro groups is 1. The lowest BCUT2D eigenvalue weighted by Gasteiger charge is -2.18. The molecule has 132 valence electrons. The number of nitrogens with one attached hydrogen (secondary N) is 1. The van der Waals surface area contributed by atoms with Gasteiger partial charge in [-0.1, -0.05) is 12.1 Å². The zero-order valence-electron chi connectivity index (χ0n) is 13.2. The number of nitro benzene ring substituents is 1. The molecule has 0 atom stereocenters. The summed E-state index contributed by atoms with van der Waals surface area (Å²) in [5.74, 6) is 0.186. The van der Waals surface area contributed by atoms with Gasteiger partial charge in [0.05, 0.1) is 16.4 Å². The predicted molar refractivity (Wildman–Crippen MR) is 100 cm³/mol. The molecule has 0 unspecified atom stereocenters. The molecule has 0 aliphatic carbocycles. The van der Waals surface area contributed by atoms with E-state index in [2.05, 4.69) is 21.2 Å². The molecule has 1 heterocycles. The van der Waals surface area contributed by atoms with Crippen molar-refractivity contribution in [2.24, 2.45) is 0 Å². The van der Waals surface area contributed by atoms with Crippen LogP contribution in [0.15, 0.2) is 46.9 Å². The topological polar surface area (TPSA) is 92.6 Å². The molecular formula is C16H16BrN3O4S. The average molecular weight is 426 g/mol. The monoisotopic (exact) mass is 425 g/mol. The zero-order valence-corrected chi connectivity index (χ0v) is 15.6. The van der Waals surface area contributed by atoms with E-state index in [9.17, 15) is 18.5 Å². The quantitative estimate of drug-likeness (QED) is 0.584. The van der Waals surface area contributed by atoms with Gasteiger partial charge in [0.1, 0.15) is 0 Å². The summed E-state index contributed by atoms with van der Waals surface area (Å²) in [5, 5.41) is 14.0. The van der Waals surface area contributed by atoms with Gasteiger partial charge in [-0.25, -0.2) is 8.42 Å². The van der Waals surface area contributed by atoms with Crippen molar-refractivity contribution in [3.8, 4) is 0 Å². The van der Waals surface area contributed by atoms with Gasteiger partial charge in [-0.15, -0.1) is 0 Å². The Morgan fingerprint density at radius 3 is 2.68 bits per heavy atom. The maximum atomic E-state index is 12.0. The lowest BCUT2D eigenvalue weighted by molar-refractivity contribution is -0.384. The summed E-state index contributed by atoms with van der Waals surface area (Å²) in [6.45, 7) is 0.977. The second kappa shape index (κ2) is 7.01. The molecule has 1 aliphatic heterocycles. The van der Waals surface area contributed by atoms with E-state index in [-0.39, 0.29) is 11.4 Å². The number of sulfonamides is 1. The van der Waals surface area contributed by atoms with Crippen molar-refractivity contribution in [1.29, 1.82) is 0 Å². The molecule has 0 aromatic heterocycles. The minimum absolute atomic E-state index is 0.0127. The highest BCUT2D eigenvalue weighted by atomic mass is 79.9. The first-order valence-electron chi connectivity index (χ1n) is 7.64. The highest BCUT2D eigenvalue weighted by molar-refractivity contribution is 9.10. The van der Waals surface area contributed by atoms with Crippen LogP contribution in [0.1, 0.15) is 12.0 Å². The SMILES string of the molecule is O=[N+]([O-])c1ccc(NCc2cccc(N3CCCS3(=O)=O)c2)c(Br)c1. The van der Waals surface area contributed by atoms with Gasteiger partial charge in [-0.05, 0) is 46.1 Å². The van der Waals surface area contributed by atoms with Crippen molar-refractivity contribution < 1.29 is 13.3 Å². The second-order valence-electron chi connectivity index (χ2n) is 5.69. The minimum Gasteiger partial charge on any atom is -0.380 e. The summed E-state index contributed by atoms with van der Waals surface area (Å²) in [7, 11) is -3.20. The van der Waals surface area contributed by atoms with Crippen LogP contribution >= 0.6 is 15.9 Å². The third kappa shape index (κ3) is 3.93. The van der Waals surface area contributed by atoms with E-state index in [0.29, 0.717) is 29.7 Å². The predicted octanol–water partition coefficient (Wildman–Crippen LogP) is 3.51. The number of halogens is 1. The molecule has 1 N–H and O–H groups in total. The Kier molecular flexibility index (Phi) is 4.96. The normalized spacial score (nSPS) is 16.0. The smallest absolute Gasteiger partial charge is 0.270 e. The molecule has 25 heavy (non-hydrogen) atoms. The Labute approximate surface area is 154 Å². The van der Waals surface area contributed by atoms with Crippen LogP contribution in [0.3, 0.4) is 0 Å². The molecule has 2 aromatic carbocycles. The van der Waals surface area contributed by atoms with E-state index in [0.717, 1.165) is 11.3 Å². The molecule has 0 radical (unpaired) electrons. The Bertz CT molecular complexity index is 917. The third-order valence-corrected chi connectivity index (χ3v) is 6.47. The summed E-state index contributed by atoms with van der Waals surface area (Å²) in [6.07, 6.45) is 0.639. The largest absolute Gasteiger partial charge is 0.380 e. The fraction of sp³-hybridized carbons (Fsp3) is 0.250. The Morgan fingerprint density at radius 1 is 1.24 bits per heavy atom. The van der Waals surface area contributed by atoms with E-state index in [4.69, 9.17) is 0 Å². The number of non-ortho nitro benzene ring substituents is 1. The maximum Gasteiger partial charge on any atom is 0.270 e. The summed E-state index contributed by atoms with van der Waals surface area (Å²) in [6, 6.07) is 11.9. The molecule has 0 saturated carbocycles. The molecule has 3 rings (SSSR count). The number of nitrogens with zero attached hydrogens (tertiary/aromatic N) is 2. The van der Waals surface area contributed by atoms with Crippen LogP contribution in [0, 0.1) is 10.1 Å². The first kappa shape index (κ1) is 17.7. The van der Waals surface area contributed by atoms with E-state index in [1.54, 1.807) is 12.1 Å². The van der Waals surface area contributed by atoms with Crippen LogP contribution in [-0.4, -0.2) is 25.6 Å². The van der Waals surface area contributed by atoms with Crippen LogP contribution in [0.2, 0.25) is 0 Å². The fourth-order valence-corrected chi connectivity index (χ4v) is 4.77. The van der Waals surface area contributed by atoms with E-state index >= 15 is 0 Å². The van der Waals surface area contributed by atoms with Gasteiger partial charge in [0.2, 0.25) is 10.0 Å². The van der Waals surface area contributed by atoms with Crippen LogP contribution in [0.5, 0.6) is 0 Å². The second-order valence-corrected chi connectivity index (χ2v) is 8.55. The number of benzene rings is 2. The summed E-state index contributed by atoms with van der Waals surface area (Å²) in [4.78, 5) is 10.3.